The number of carbonyl (C=O) groups is 1. The third-order valence-electron chi connectivity index (χ3n) is 3.88. The molecular weight excluding hydrogens is 224 g/mol. The highest BCUT2D eigenvalue weighted by molar-refractivity contribution is 5.80. The van der Waals surface area contributed by atoms with Gasteiger partial charge in [0.1, 0.15) is 11.5 Å². The standard InChI is InChI=1S/C16H20O2/c1-10-4-6-15(12(3)17)16(8-10)14-7-5-13(18)9-11(14)2/h5,7-9,15-16,18H,4,6H2,1-3H3/t15-,16?/m0/s1. The lowest BCUT2D eigenvalue weighted by atomic mass is 9.74. The molecule has 1 aliphatic carbocycles. The zero-order valence-electron chi connectivity index (χ0n) is 11.2. The molecule has 0 aliphatic heterocycles. The maximum absolute atomic E-state index is 11.8. The molecule has 2 nitrogen and oxygen atoms in total. The second-order valence-electron chi connectivity index (χ2n) is 5.34. The van der Waals surface area contributed by atoms with E-state index in [2.05, 4.69) is 13.0 Å². The summed E-state index contributed by atoms with van der Waals surface area (Å²) in [5.41, 5.74) is 3.56. The summed E-state index contributed by atoms with van der Waals surface area (Å²) in [4.78, 5) is 11.8. The van der Waals surface area contributed by atoms with Gasteiger partial charge >= 0.3 is 0 Å². The van der Waals surface area contributed by atoms with Crippen molar-refractivity contribution in [1.29, 1.82) is 0 Å². The van der Waals surface area contributed by atoms with Crippen LogP contribution in [0.25, 0.3) is 0 Å². The molecule has 2 atom stereocenters. The van der Waals surface area contributed by atoms with Gasteiger partial charge in [0.2, 0.25) is 0 Å². The molecule has 0 fully saturated rings. The van der Waals surface area contributed by atoms with E-state index >= 15 is 0 Å². The molecule has 0 bridgehead atoms. The van der Waals surface area contributed by atoms with Gasteiger partial charge in [-0.15, -0.1) is 0 Å². The average Bonchev–Trinajstić information content (AvgIpc) is 2.28. The predicted octanol–water partition coefficient (Wildman–Crippen LogP) is 3.73. The lowest BCUT2D eigenvalue weighted by Crippen LogP contribution is -2.23. The van der Waals surface area contributed by atoms with Crippen LogP contribution in [0.3, 0.4) is 0 Å². The van der Waals surface area contributed by atoms with Crippen molar-refractivity contribution in [3.8, 4) is 5.75 Å². The van der Waals surface area contributed by atoms with Crippen molar-refractivity contribution in [3.63, 3.8) is 0 Å². The molecule has 2 rings (SSSR count). The molecule has 1 aliphatic rings. The normalized spacial score (nSPS) is 23.6. The third kappa shape index (κ3) is 2.47. The van der Waals surface area contributed by atoms with E-state index in [-0.39, 0.29) is 23.4 Å². The fourth-order valence-corrected chi connectivity index (χ4v) is 2.87. The Morgan fingerprint density at radius 1 is 1.33 bits per heavy atom. The van der Waals surface area contributed by atoms with Gasteiger partial charge in [0.25, 0.3) is 0 Å². The van der Waals surface area contributed by atoms with Crippen LogP contribution in [-0.2, 0) is 4.79 Å². The minimum Gasteiger partial charge on any atom is -0.508 e. The monoisotopic (exact) mass is 244 g/mol. The van der Waals surface area contributed by atoms with E-state index in [1.807, 2.05) is 13.0 Å². The van der Waals surface area contributed by atoms with Gasteiger partial charge in [0.15, 0.2) is 0 Å². The van der Waals surface area contributed by atoms with E-state index in [0.717, 1.165) is 24.0 Å². The zero-order chi connectivity index (χ0) is 13.3. The molecular formula is C16H20O2. The number of carbonyl (C=O) groups excluding carboxylic acids is 1. The van der Waals surface area contributed by atoms with Gasteiger partial charge in [-0.05, 0) is 56.9 Å². The Bertz CT molecular complexity index is 500. The van der Waals surface area contributed by atoms with Gasteiger partial charge in [0.05, 0.1) is 0 Å². The molecule has 0 heterocycles. The van der Waals surface area contributed by atoms with Gasteiger partial charge in [-0.1, -0.05) is 17.7 Å². The fraction of sp³-hybridized carbons (Fsp3) is 0.438. The van der Waals surface area contributed by atoms with E-state index < -0.39 is 0 Å². The van der Waals surface area contributed by atoms with Crippen LogP contribution in [0.15, 0.2) is 29.8 Å². The Kier molecular flexibility index (Phi) is 3.55. The Hall–Kier alpha value is -1.57. The van der Waals surface area contributed by atoms with Crippen LogP contribution < -0.4 is 0 Å². The maximum atomic E-state index is 11.8. The van der Waals surface area contributed by atoms with Crippen LogP contribution in [0, 0.1) is 12.8 Å². The number of hydrogen-bond donors (Lipinski definition) is 1. The summed E-state index contributed by atoms with van der Waals surface area (Å²) < 4.78 is 0. The molecule has 0 saturated heterocycles. The zero-order valence-corrected chi connectivity index (χ0v) is 11.2. The Morgan fingerprint density at radius 3 is 2.67 bits per heavy atom. The number of aryl methyl sites for hydroxylation is 1. The molecule has 1 aromatic carbocycles. The van der Waals surface area contributed by atoms with Crippen molar-refractivity contribution in [1.82, 2.24) is 0 Å². The third-order valence-corrected chi connectivity index (χ3v) is 3.88. The molecule has 96 valence electrons. The van der Waals surface area contributed by atoms with Crippen LogP contribution >= 0.6 is 0 Å². The number of allylic oxidation sites excluding steroid dienone is 2. The first kappa shape index (κ1) is 12.9. The Labute approximate surface area is 108 Å². The lowest BCUT2D eigenvalue weighted by Gasteiger charge is -2.29. The number of rotatable bonds is 2. The predicted molar refractivity (Wildman–Crippen MR) is 72.7 cm³/mol. The molecule has 1 N–H and O–H groups in total. The highest BCUT2D eigenvalue weighted by Gasteiger charge is 2.29. The van der Waals surface area contributed by atoms with Crippen LogP contribution in [0.5, 0.6) is 5.75 Å². The summed E-state index contributed by atoms with van der Waals surface area (Å²) in [6.07, 6.45) is 4.16. The van der Waals surface area contributed by atoms with Crippen LogP contribution in [0.1, 0.15) is 43.7 Å². The summed E-state index contributed by atoms with van der Waals surface area (Å²) in [7, 11) is 0. The molecule has 0 aromatic heterocycles. The van der Waals surface area contributed by atoms with E-state index in [1.54, 1.807) is 19.1 Å². The van der Waals surface area contributed by atoms with Crippen molar-refractivity contribution >= 4 is 5.78 Å². The molecule has 0 saturated carbocycles. The highest BCUT2D eigenvalue weighted by Crippen LogP contribution is 2.38. The summed E-state index contributed by atoms with van der Waals surface area (Å²) in [6, 6.07) is 5.42. The number of Topliss-reactive ketones (excluding diaryl/α,β-unsaturated/α-hetero) is 1. The average molecular weight is 244 g/mol. The number of aromatic hydroxyl groups is 1. The number of benzene rings is 1. The van der Waals surface area contributed by atoms with Crippen molar-refractivity contribution < 1.29 is 9.90 Å². The van der Waals surface area contributed by atoms with Gasteiger partial charge in [-0.3, -0.25) is 4.79 Å². The first-order chi connectivity index (χ1) is 8.49. The topological polar surface area (TPSA) is 37.3 Å². The molecule has 1 unspecified atom stereocenters. The van der Waals surface area contributed by atoms with E-state index in [9.17, 15) is 9.90 Å². The smallest absolute Gasteiger partial charge is 0.133 e. The molecule has 0 radical (unpaired) electrons. The van der Waals surface area contributed by atoms with Gasteiger partial charge in [-0.2, -0.15) is 0 Å². The number of phenolic OH excluding ortho intramolecular Hbond substituents is 1. The Balaban J connectivity index is 2.44. The molecule has 2 heteroatoms. The molecule has 18 heavy (non-hydrogen) atoms. The number of hydrogen-bond acceptors (Lipinski definition) is 2. The largest absolute Gasteiger partial charge is 0.508 e. The highest BCUT2D eigenvalue weighted by atomic mass is 16.3. The first-order valence-corrected chi connectivity index (χ1v) is 6.46. The summed E-state index contributed by atoms with van der Waals surface area (Å²) >= 11 is 0. The van der Waals surface area contributed by atoms with E-state index in [0.29, 0.717) is 0 Å². The van der Waals surface area contributed by atoms with Crippen LogP contribution in [-0.4, -0.2) is 10.9 Å². The quantitative estimate of drug-likeness (QED) is 0.805. The summed E-state index contributed by atoms with van der Waals surface area (Å²) in [5.74, 6) is 0.789. The maximum Gasteiger partial charge on any atom is 0.133 e. The van der Waals surface area contributed by atoms with E-state index in [4.69, 9.17) is 0 Å². The first-order valence-electron chi connectivity index (χ1n) is 6.46. The summed E-state index contributed by atoms with van der Waals surface area (Å²) in [5, 5.41) is 9.48. The van der Waals surface area contributed by atoms with Gasteiger partial charge in [0, 0.05) is 11.8 Å². The van der Waals surface area contributed by atoms with Crippen LogP contribution in [0.4, 0.5) is 0 Å². The van der Waals surface area contributed by atoms with Crippen molar-refractivity contribution in [2.45, 2.75) is 39.5 Å². The SMILES string of the molecule is CC(=O)[C@@H]1CCC(C)=CC1c1ccc(O)cc1C. The van der Waals surface area contributed by atoms with Crippen molar-refractivity contribution in [2.24, 2.45) is 5.92 Å². The Morgan fingerprint density at radius 2 is 2.06 bits per heavy atom. The number of ketones is 1. The van der Waals surface area contributed by atoms with E-state index in [1.165, 1.54) is 5.57 Å². The van der Waals surface area contributed by atoms with Crippen molar-refractivity contribution in [2.75, 3.05) is 0 Å². The van der Waals surface area contributed by atoms with Gasteiger partial charge in [-0.25, -0.2) is 0 Å². The second kappa shape index (κ2) is 4.97. The lowest BCUT2D eigenvalue weighted by molar-refractivity contribution is -0.121. The molecule has 0 spiro atoms. The molecule has 0 amide bonds. The van der Waals surface area contributed by atoms with Crippen molar-refractivity contribution in [3.05, 3.63) is 41.0 Å². The summed E-state index contributed by atoms with van der Waals surface area (Å²) in [6.45, 7) is 5.80. The second-order valence-corrected chi connectivity index (χ2v) is 5.34. The minimum absolute atomic E-state index is 0.0805. The fourth-order valence-electron chi connectivity index (χ4n) is 2.87. The number of phenols is 1. The van der Waals surface area contributed by atoms with Gasteiger partial charge < -0.3 is 5.11 Å². The minimum atomic E-state index is 0.0805. The molecule has 1 aromatic rings. The van der Waals surface area contributed by atoms with Crippen LogP contribution in [0.2, 0.25) is 0 Å².